The van der Waals surface area contributed by atoms with Crippen molar-refractivity contribution in [1.29, 1.82) is 0 Å². The van der Waals surface area contributed by atoms with Crippen LogP contribution in [-0.4, -0.2) is 41.8 Å². The summed E-state index contributed by atoms with van der Waals surface area (Å²) in [5, 5.41) is 8.67. The molecule has 30 heavy (non-hydrogen) atoms. The first-order valence-electron chi connectivity index (χ1n) is 10.1. The fourth-order valence-electron chi connectivity index (χ4n) is 3.13. The summed E-state index contributed by atoms with van der Waals surface area (Å²) in [7, 11) is -2.39. The minimum Gasteiger partial charge on any atom is -0.495 e. The highest BCUT2D eigenvalue weighted by Gasteiger charge is 2.16. The van der Waals surface area contributed by atoms with Gasteiger partial charge >= 0.3 is 0 Å². The van der Waals surface area contributed by atoms with Gasteiger partial charge in [0, 0.05) is 6.54 Å². The Hall–Kier alpha value is -2.29. The highest BCUT2D eigenvalue weighted by atomic mass is 32.2. The van der Waals surface area contributed by atoms with Gasteiger partial charge in [-0.25, -0.2) is 13.6 Å². The Labute approximate surface area is 179 Å². The number of hydrogen-bond acceptors (Lipinski definition) is 6. The first-order chi connectivity index (χ1) is 14.3. The molecule has 0 amide bonds. The average Bonchev–Trinajstić information content (AvgIpc) is 2.71. The third kappa shape index (κ3) is 7.51. The molecule has 7 nitrogen and oxygen atoms in total. The maximum Gasteiger partial charge on any atom is 0.241 e. The number of rotatable bonds is 13. The van der Waals surface area contributed by atoms with E-state index in [0.717, 1.165) is 43.0 Å². The highest BCUT2D eigenvalue weighted by molar-refractivity contribution is 7.89. The van der Waals surface area contributed by atoms with Gasteiger partial charge in [0.2, 0.25) is 10.0 Å². The molecule has 0 saturated carbocycles. The normalized spacial score (nSPS) is 12.4. The van der Waals surface area contributed by atoms with Crippen LogP contribution < -0.4 is 24.7 Å². The van der Waals surface area contributed by atoms with Gasteiger partial charge in [0.05, 0.1) is 13.7 Å². The van der Waals surface area contributed by atoms with Crippen molar-refractivity contribution in [2.24, 2.45) is 11.1 Å². The first-order valence-corrected chi connectivity index (χ1v) is 11.6. The summed E-state index contributed by atoms with van der Waals surface area (Å²) < 4.78 is 39.9. The van der Waals surface area contributed by atoms with Crippen molar-refractivity contribution in [1.82, 2.24) is 5.32 Å². The fourth-order valence-corrected chi connectivity index (χ4v) is 3.87. The van der Waals surface area contributed by atoms with E-state index in [9.17, 15) is 8.42 Å². The third-order valence-electron chi connectivity index (χ3n) is 4.62. The molecule has 2 aromatic carbocycles. The van der Waals surface area contributed by atoms with Crippen LogP contribution in [0.4, 0.5) is 0 Å². The number of hydrogen-bond donors (Lipinski definition) is 2. The second-order valence-corrected chi connectivity index (χ2v) is 8.64. The summed E-state index contributed by atoms with van der Waals surface area (Å²) in [6, 6.07) is 12.8. The summed E-state index contributed by atoms with van der Waals surface area (Å²) in [4.78, 5) is 0.0253. The van der Waals surface area contributed by atoms with Crippen molar-refractivity contribution in [3.8, 4) is 17.2 Å². The molecule has 0 bridgehead atoms. The molecule has 3 N–H and O–H groups in total. The van der Waals surface area contributed by atoms with E-state index < -0.39 is 10.0 Å². The van der Waals surface area contributed by atoms with Gasteiger partial charge in [0.1, 0.15) is 17.3 Å². The quantitative estimate of drug-likeness (QED) is 0.468. The standard InChI is InChI=1S/C22H32N2O5S/c1-4-28-19-7-5-6-8-20(19)29-14-13-24-12-11-17(2)15-18-9-10-21(27-3)22(16-18)30(23,25)26/h5-10,16-17,24H,4,11-15H2,1-3H3,(H2,23,25,26). The van der Waals surface area contributed by atoms with Gasteiger partial charge < -0.3 is 19.5 Å². The van der Waals surface area contributed by atoms with E-state index in [2.05, 4.69) is 12.2 Å². The van der Waals surface area contributed by atoms with Crippen molar-refractivity contribution in [3.05, 3.63) is 48.0 Å². The predicted molar refractivity (Wildman–Crippen MR) is 118 cm³/mol. The first kappa shape index (κ1) is 24.0. The van der Waals surface area contributed by atoms with Crippen molar-refractivity contribution >= 4 is 10.0 Å². The van der Waals surface area contributed by atoms with Crippen molar-refractivity contribution < 1.29 is 22.6 Å². The zero-order valence-corrected chi connectivity index (χ0v) is 18.7. The van der Waals surface area contributed by atoms with Crippen molar-refractivity contribution in [2.75, 3.05) is 33.4 Å². The number of para-hydroxylation sites is 2. The number of sulfonamides is 1. The maximum absolute atomic E-state index is 11.8. The topological polar surface area (TPSA) is 99.9 Å². The van der Waals surface area contributed by atoms with Gasteiger partial charge in [0.25, 0.3) is 0 Å². The van der Waals surface area contributed by atoms with Crippen LogP contribution in [0.15, 0.2) is 47.4 Å². The van der Waals surface area contributed by atoms with Crippen LogP contribution in [0.3, 0.4) is 0 Å². The molecular formula is C22H32N2O5S. The van der Waals surface area contributed by atoms with E-state index in [0.29, 0.717) is 19.1 Å². The van der Waals surface area contributed by atoms with E-state index in [1.807, 2.05) is 37.3 Å². The largest absolute Gasteiger partial charge is 0.495 e. The maximum atomic E-state index is 11.8. The average molecular weight is 437 g/mol. The van der Waals surface area contributed by atoms with Crippen molar-refractivity contribution in [2.45, 2.75) is 31.6 Å². The minimum atomic E-state index is -3.82. The molecule has 2 aromatic rings. The Balaban J connectivity index is 1.74. The number of nitrogens with one attached hydrogen (secondary N) is 1. The van der Waals surface area contributed by atoms with Crippen LogP contribution in [-0.2, 0) is 16.4 Å². The summed E-state index contributed by atoms with van der Waals surface area (Å²) in [5.41, 5.74) is 0.920. The molecule has 1 atom stereocenters. The molecule has 1 unspecified atom stereocenters. The second kappa shape index (κ2) is 11.8. The predicted octanol–water partition coefficient (Wildman–Crippen LogP) is 2.98. The lowest BCUT2D eigenvalue weighted by molar-refractivity contribution is 0.275. The molecule has 0 aliphatic rings. The highest BCUT2D eigenvalue weighted by Crippen LogP contribution is 2.26. The summed E-state index contributed by atoms with van der Waals surface area (Å²) >= 11 is 0. The van der Waals surface area contributed by atoms with Crippen LogP contribution >= 0.6 is 0 Å². The smallest absolute Gasteiger partial charge is 0.241 e. The Bertz CT molecular complexity index is 902. The Kier molecular flexibility index (Phi) is 9.42. The molecule has 0 aliphatic heterocycles. The molecule has 2 rings (SSSR count). The molecule has 8 heteroatoms. The number of methoxy groups -OCH3 is 1. The van der Waals surface area contributed by atoms with E-state index in [1.165, 1.54) is 7.11 Å². The van der Waals surface area contributed by atoms with Gasteiger partial charge in [-0.05, 0) is 62.1 Å². The van der Waals surface area contributed by atoms with Crippen molar-refractivity contribution in [3.63, 3.8) is 0 Å². The van der Waals surface area contributed by atoms with Gasteiger partial charge in [-0.2, -0.15) is 0 Å². The van der Waals surface area contributed by atoms with Crippen LogP contribution in [0.5, 0.6) is 17.2 Å². The second-order valence-electron chi connectivity index (χ2n) is 7.11. The number of benzene rings is 2. The number of ether oxygens (including phenoxy) is 3. The van der Waals surface area contributed by atoms with E-state index in [1.54, 1.807) is 12.1 Å². The zero-order valence-electron chi connectivity index (χ0n) is 17.9. The van der Waals surface area contributed by atoms with E-state index >= 15 is 0 Å². The molecule has 0 aliphatic carbocycles. The minimum absolute atomic E-state index is 0.0253. The Morgan fingerprint density at radius 3 is 2.37 bits per heavy atom. The number of primary sulfonamides is 1. The Morgan fingerprint density at radius 2 is 1.73 bits per heavy atom. The molecule has 0 fully saturated rings. The summed E-state index contributed by atoms with van der Waals surface area (Å²) in [5.74, 6) is 2.15. The molecule has 0 spiro atoms. The monoisotopic (exact) mass is 436 g/mol. The van der Waals surface area contributed by atoms with Gasteiger partial charge in [-0.3, -0.25) is 0 Å². The van der Waals surface area contributed by atoms with Gasteiger partial charge in [-0.15, -0.1) is 0 Å². The molecular weight excluding hydrogens is 404 g/mol. The lowest BCUT2D eigenvalue weighted by Gasteiger charge is -2.15. The molecule has 166 valence electrons. The third-order valence-corrected chi connectivity index (χ3v) is 5.55. The van der Waals surface area contributed by atoms with E-state index in [4.69, 9.17) is 19.3 Å². The SMILES string of the molecule is CCOc1ccccc1OCCNCCC(C)Cc1ccc(OC)c(S(N)(=O)=O)c1. The Morgan fingerprint density at radius 1 is 1.03 bits per heavy atom. The number of nitrogens with two attached hydrogens (primary N) is 1. The summed E-state index contributed by atoms with van der Waals surface area (Å²) in [6.45, 7) is 6.80. The molecule has 0 saturated heterocycles. The van der Waals surface area contributed by atoms with Crippen LogP contribution in [0, 0.1) is 5.92 Å². The molecule has 0 heterocycles. The lowest BCUT2D eigenvalue weighted by Crippen LogP contribution is -2.23. The summed E-state index contributed by atoms with van der Waals surface area (Å²) in [6.07, 6.45) is 1.71. The lowest BCUT2D eigenvalue weighted by atomic mass is 9.98. The fraction of sp³-hybridized carbons (Fsp3) is 0.455. The molecule has 0 aromatic heterocycles. The van der Waals surface area contributed by atoms with Crippen LogP contribution in [0.2, 0.25) is 0 Å². The molecule has 0 radical (unpaired) electrons. The van der Waals surface area contributed by atoms with Gasteiger partial charge in [0.15, 0.2) is 11.5 Å². The van der Waals surface area contributed by atoms with Crippen LogP contribution in [0.1, 0.15) is 25.8 Å². The van der Waals surface area contributed by atoms with E-state index in [-0.39, 0.29) is 10.6 Å². The van der Waals surface area contributed by atoms with Gasteiger partial charge in [-0.1, -0.05) is 25.1 Å². The zero-order chi connectivity index (χ0) is 22.0. The van der Waals surface area contributed by atoms with Crippen LogP contribution in [0.25, 0.3) is 0 Å².